The molecule has 0 radical (unpaired) electrons. The molecule has 1 aliphatic carbocycles. The highest BCUT2D eigenvalue weighted by atomic mass is 32.2. The van der Waals surface area contributed by atoms with Crippen molar-refractivity contribution in [2.24, 2.45) is 0 Å². The Kier molecular flexibility index (Phi) is 5.04. The van der Waals surface area contributed by atoms with E-state index in [-0.39, 0.29) is 10.7 Å². The molecule has 5 heteroatoms. The van der Waals surface area contributed by atoms with Crippen molar-refractivity contribution >= 4 is 15.8 Å². The van der Waals surface area contributed by atoms with Crippen molar-refractivity contribution in [1.82, 2.24) is 4.72 Å². The Morgan fingerprint density at radius 1 is 0.885 bits per heavy atom. The molecule has 0 atom stereocenters. The van der Waals surface area contributed by atoms with Gasteiger partial charge in [-0.1, -0.05) is 47.7 Å². The third-order valence-electron chi connectivity index (χ3n) is 5.04. The van der Waals surface area contributed by atoms with Crippen molar-refractivity contribution in [3.63, 3.8) is 0 Å². The topological polar surface area (TPSA) is 63.2 Å². The number of ketones is 1. The molecule has 0 amide bonds. The monoisotopic (exact) mass is 371 g/mol. The minimum absolute atomic E-state index is 0.127. The summed E-state index contributed by atoms with van der Waals surface area (Å²) in [7, 11) is -3.76. The quantitative estimate of drug-likeness (QED) is 0.805. The largest absolute Gasteiger partial charge is 0.292 e. The molecule has 4 nitrogen and oxygen atoms in total. The Balaban J connectivity index is 1.97. The average Bonchev–Trinajstić information content (AvgIpc) is 3.02. The van der Waals surface area contributed by atoms with Crippen molar-refractivity contribution in [3.8, 4) is 0 Å². The third-order valence-corrected chi connectivity index (χ3v) is 6.59. The van der Waals surface area contributed by atoms with Crippen LogP contribution in [-0.2, 0) is 10.0 Å². The molecule has 0 heterocycles. The first-order valence-corrected chi connectivity index (χ1v) is 10.4. The molecule has 1 N–H and O–H groups in total. The summed E-state index contributed by atoms with van der Waals surface area (Å²) in [5.74, 6) is -0.127. The molecule has 2 aromatic carbocycles. The van der Waals surface area contributed by atoms with Gasteiger partial charge in [-0.25, -0.2) is 8.42 Å². The predicted octanol–water partition coefficient (Wildman–Crippen LogP) is 4.09. The number of Topliss-reactive ketones (excluding diaryl/α,β-unsaturated/α-hetero) is 1. The first kappa shape index (κ1) is 18.8. The highest BCUT2D eigenvalue weighted by Crippen LogP contribution is 2.34. The number of carbonyl (C=O) groups excluding carboxylic acids is 1. The lowest BCUT2D eigenvalue weighted by atomic mass is 9.87. The lowest BCUT2D eigenvalue weighted by Crippen LogP contribution is -2.52. The van der Waals surface area contributed by atoms with Crippen LogP contribution in [0.3, 0.4) is 0 Å². The lowest BCUT2D eigenvalue weighted by molar-refractivity contribution is 0.0876. The summed E-state index contributed by atoms with van der Waals surface area (Å²) in [5, 5.41) is 0. The zero-order valence-corrected chi connectivity index (χ0v) is 16.3. The Morgan fingerprint density at radius 2 is 1.42 bits per heavy atom. The van der Waals surface area contributed by atoms with Crippen LogP contribution in [0.1, 0.15) is 52.7 Å². The molecule has 2 aromatic rings. The molecule has 0 aliphatic heterocycles. The van der Waals surface area contributed by atoms with Crippen LogP contribution >= 0.6 is 0 Å². The van der Waals surface area contributed by atoms with Gasteiger partial charge < -0.3 is 0 Å². The van der Waals surface area contributed by atoms with Gasteiger partial charge in [0.1, 0.15) is 0 Å². The lowest BCUT2D eigenvalue weighted by Gasteiger charge is -2.29. The molecule has 3 rings (SSSR count). The molecular weight excluding hydrogens is 346 g/mol. The van der Waals surface area contributed by atoms with Gasteiger partial charge in [0.2, 0.25) is 10.0 Å². The molecule has 138 valence electrons. The number of aryl methyl sites for hydroxylation is 3. The normalized spacial score (nSPS) is 16.6. The highest BCUT2D eigenvalue weighted by Gasteiger charge is 2.44. The fourth-order valence-electron chi connectivity index (χ4n) is 3.77. The van der Waals surface area contributed by atoms with Crippen molar-refractivity contribution < 1.29 is 13.2 Å². The van der Waals surface area contributed by atoms with Gasteiger partial charge >= 0.3 is 0 Å². The number of hydrogen-bond acceptors (Lipinski definition) is 3. The van der Waals surface area contributed by atoms with Crippen LogP contribution in [0.4, 0.5) is 0 Å². The van der Waals surface area contributed by atoms with Gasteiger partial charge in [0, 0.05) is 5.56 Å². The summed E-state index contributed by atoms with van der Waals surface area (Å²) >= 11 is 0. The fraction of sp³-hybridized carbons (Fsp3) is 0.381. The van der Waals surface area contributed by atoms with E-state index in [2.05, 4.69) is 4.72 Å². The summed E-state index contributed by atoms with van der Waals surface area (Å²) in [6.07, 6.45) is 2.74. The van der Waals surface area contributed by atoms with E-state index in [4.69, 9.17) is 0 Å². The number of carbonyl (C=O) groups is 1. The highest BCUT2D eigenvalue weighted by molar-refractivity contribution is 7.89. The van der Waals surface area contributed by atoms with Gasteiger partial charge in [0.05, 0.1) is 10.4 Å². The number of sulfonamides is 1. The first-order valence-electron chi connectivity index (χ1n) is 8.96. The van der Waals surface area contributed by atoms with Crippen LogP contribution in [0.5, 0.6) is 0 Å². The molecule has 0 unspecified atom stereocenters. The molecule has 0 saturated heterocycles. The van der Waals surface area contributed by atoms with Crippen LogP contribution in [0.2, 0.25) is 0 Å². The van der Waals surface area contributed by atoms with E-state index < -0.39 is 15.6 Å². The van der Waals surface area contributed by atoms with Gasteiger partial charge in [-0.15, -0.1) is 0 Å². The Morgan fingerprint density at radius 3 is 1.96 bits per heavy atom. The van der Waals surface area contributed by atoms with E-state index in [0.29, 0.717) is 18.4 Å². The average molecular weight is 372 g/mol. The Bertz CT molecular complexity index is 904. The van der Waals surface area contributed by atoms with Crippen LogP contribution in [-0.4, -0.2) is 19.7 Å². The van der Waals surface area contributed by atoms with Gasteiger partial charge in [0.15, 0.2) is 5.78 Å². The number of hydrogen-bond donors (Lipinski definition) is 1. The molecule has 1 aliphatic rings. The van der Waals surface area contributed by atoms with E-state index >= 15 is 0 Å². The Labute approximate surface area is 155 Å². The molecule has 1 fully saturated rings. The molecule has 0 spiro atoms. The van der Waals surface area contributed by atoms with Crippen LogP contribution in [0.15, 0.2) is 47.4 Å². The summed E-state index contributed by atoms with van der Waals surface area (Å²) in [6, 6.07) is 12.4. The smallest absolute Gasteiger partial charge is 0.241 e. The zero-order valence-electron chi connectivity index (χ0n) is 15.5. The second-order valence-electron chi connectivity index (χ2n) is 7.41. The number of benzene rings is 2. The maximum atomic E-state index is 13.3. The second kappa shape index (κ2) is 6.97. The minimum Gasteiger partial charge on any atom is -0.292 e. The molecule has 0 aromatic heterocycles. The minimum atomic E-state index is -3.76. The van der Waals surface area contributed by atoms with Crippen LogP contribution < -0.4 is 4.72 Å². The van der Waals surface area contributed by atoms with Gasteiger partial charge in [-0.05, 0) is 57.9 Å². The number of rotatable bonds is 5. The van der Waals surface area contributed by atoms with E-state index in [0.717, 1.165) is 29.5 Å². The van der Waals surface area contributed by atoms with E-state index in [9.17, 15) is 13.2 Å². The Hall–Kier alpha value is -1.98. The van der Waals surface area contributed by atoms with Crippen molar-refractivity contribution in [2.45, 2.75) is 56.9 Å². The molecular formula is C21H25NO3S. The molecule has 1 saturated carbocycles. The zero-order chi connectivity index (χ0) is 18.9. The first-order chi connectivity index (χ1) is 12.2. The summed E-state index contributed by atoms with van der Waals surface area (Å²) < 4.78 is 28.6. The SMILES string of the molecule is Cc1ccc(S(=O)(=O)NC2(C(=O)c3cc(C)cc(C)c3)CCCC2)cc1. The fourth-order valence-corrected chi connectivity index (χ4v) is 5.19. The summed E-state index contributed by atoms with van der Waals surface area (Å²) in [6.45, 7) is 5.80. The van der Waals surface area contributed by atoms with Gasteiger partial charge in [0.25, 0.3) is 0 Å². The molecule has 0 bridgehead atoms. The maximum absolute atomic E-state index is 13.3. The third kappa shape index (κ3) is 3.74. The van der Waals surface area contributed by atoms with E-state index in [1.807, 2.05) is 39.0 Å². The van der Waals surface area contributed by atoms with Crippen LogP contribution in [0.25, 0.3) is 0 Å². The standard InChI is InChI=1S/C21H25NO3S/c1-15-6-8-19(9-7-15)26(24,25)22-21(10-4-5-11-21)20(23)18-13-16(2)12-17(3)14-18/h6-9,12-14,22H,4-5,10-11H2,1-3H3. The van der Waals surface area contributed by atoms with Gasteiger partial charge in [-0.3, -0.25) is 4.79 Å². The van der Waals surface area contributed by atoms with Crippen LogP contribution in [0, 0.1) is 20.8 Å². The predicted molar refractivity (Wildman–Crippen MR) is 103 cm³/mol. The van der Waals surface area contributed by atoms with E-state index in [1.54, 1.807) is 24.3 Å². The molecule has 26 heavy (non-hydrogen) atoms. The summed E-state index contributed by atoms with van der Waals surface area (Å²) in [4.78, 5) is 13.5. The maximum Gasteiger partial charge on any atom is 0.241 e. The van der Waals surface area contributed by atoms with Crippen molar-refractivity contribution in [3.05, 3.63) is 64.7 Å². The van der Waals surface area contributed by atoms with E-state index in [1.165, 1.54) is 0 Å². The van der Waals surface area contributed by atoms with Crippen molar-refractivity contribution in [1.29, 1.82) is 0 Å². The van der Waals surface area contributed by atoms with Crippen molar-refractivity contribution in [2.75, 3.05) is 0 Å². The second-order valence-corrected chi connectivity index (χ2v) is 9.10. The summed E-state index contributed by atoms with van der Waals surface area (Å²) in [5.41, 5.74) is 2.52. The van der Waals surface area contributed by atoms with Gasteiger partial charge in [-0.2, -0.15) is 4.72 Å². The number of nitrogens with one attached hydrogen (secondary N) is 1.